The summed E-state index contributed by atoms with van der Waals surface area (Å²) < 4.78 is 38.7. The average molecular weight is 386 g/mol. The Morgan fingerprint density at radius 3 is 2.45 bits per heavy atom. The van der Waals surface area contributed by atoms with Crippen LogP contribution in [-0.2, 0) is 6.18 Å². The molecule has 0 aliphatic rings. The van der Waals surface area contributed by atoms with Crippen LogP contribution >= 0.6 is 39.1 Å². The quantitative estimate of drug-likeness (QED) is 0.649. The lowest BCUT2D eigenvalue weighted by Gasteiger charge is -2.12. The van der Waals surface area contributed by atoms with Crippen LogP contribution in [-0.4, -0.2) is 4.98 Å². The van der Waals surface area contributed by atoms with E-state index >= 15 is 0 Å². The van der Waals surface area contributed by atoms with Crippen LogP contribution in [0.1, 0.15) is 5.56 Å². The summed E-state index contributed by atoms with van der Waals surface area (Å²) in [5.74, 6) is -0.0206. The zero-order valence-electron chi connectivity index (χ0n) is 9.60. The van der Waals surface area contributed by atoms with Crippen LogP contribution in [0.4, 0.5) is 24.7 Å². The molecule has 0 fully saturated rings. The summed E-state index contributed by atoms with van der Waals surface area (Å²) in [7, 11) is 0. The van der Waals surface area contributed by atoms with Gasteiger partial charge in [-0.1, -0.05) is 23.2 Å². The van der Waals surface area contributed by atoms with Gasteiger partial charge in [-0.25, -0.2) is 4.98 Å². The summed E-state index contributed by atoms with van der Waals surface area (Å²) >= 11 is 14.7. The highest BCUT2D eigenvalue weighted by molar-refractivity contribution is 9.10. The third-order valence-corrected chi connectivity index (χ3v) is 3.43. The predicted molar refractivity (Wildman–Crippen MR) is 76.7 cm³/mol. The second-order valence-electron chi connectivity index (χ2n) is 3.81. The van der Waals surface area contributed by atoms with E-state index in [4.69, 9.17) is 23.2 Å². The van der Waals surface area contributed by atoms with Crippen molar-refractivity contribution in [3.63, 3.8) is 0 Å². The van der Waals surface area contributed by atoms with Crippen molar-refractivity contribution >= 4 is 50.6 Å². The van der Waals surface area contributed by atoms with Gasteiger partial charge in [-0.2, -0.15) is 13.2 Å². The largest absolute Gasteiger partial charge is 0.416 e. The Bertz CT molecular complexity index is 647. The number of aromatic nitrogens is 1. The predicted octanol–water partition coefficient (Wildman–Crippen LogP) is 5.91. The van der Waals surface area contributed by atoms with Crippen LogP contribution in [0.15, 0.2) is 34.8 Å². The summed E-state index contributed by atoms with van der Waals surface area (Å²) in [5.41, 5.74) is -0.390. The van der Waals surface area contributed by atoms with E-state index in [0.29, 0.717) is 15.2 Å². The molecule has 0 spiro atoms. The molecule has 0 bridgehead atoms. The number of halogens is 6. The molecule has 2 nitrogen and oxygen atoms in total. The van der Waals surface area contributed by atoms with Crippen LogP contribution in [0.2, 0.25) is 10.2 Å². The lowest BCUT2D eigenvalue weighted by Crippen LogP contribution is -2.06. The fourth-order valence-corrected chi connectivity index (χ4v) is 2.18. The van der Waals surface area contributed by atoms with Crippen LogP contribution in [0.3, 0.4) is 0 Å². The molecule has 0 aliphatic heterocycles. The second-order valence-corrected chi connectivity index (χ2v) is 5.49. The third kappa shape index (κ3) is 3.77. The number of nitrogens with one attached hydrogen (secondary N) is 1. The minimum atomic E-state index is -4.49. The molecule has 0 amide bonds. The Kier molecular flexibility index (Phi) is 4.46. The normalized spacial score (nSPS) is 11.5. The molecule has 8 heteroatoms. The lowest BCUT2D eigenvalue weighted by atomic mass is 10.2. The van der Waals surface area contributed by atoms with Crippen molar-refractivity contribution < 1.29 is 13.2 Å². The number of pyridine rings is 1. The van der Waals surface area contributed by atoms with Crippen molar-refractivity contribution in [2.24, 2.45) is 0 Å². The molecule has 106 valence electrons. The third-order valence-electron chi connectivity index (χ3n) is 2.31. The highest BCUT2D eigenvalue weighted by Crippen LogP contribution is 2.34. The first-order chi connectivity index (χ1) is 9.25. The molecule has 1 heterocycles. The second kappa shape index (κ2) is 5.79. The van der Waals surface area contributed by atoms with Crippen LogP contribution in [0.5, 0.6) is 0 Å². The molecule has 20 heavy (non-hydrogen) atoms. The van der Waals surface area contributed by atoms with Gasteiger partial charge in [0.2, 0.25) is 0 Å². The van der Waals surface area contributed by atoms with E-state index in [1.54, 1.807) is 18.2 Å². The van der Waals surface area contributed by atoms with Gasteiger partial charge in [0.25, 0.3) is 0 Å². The van der Waals surface area contributed by atoms with E-state index in [2.05, 4.69) is 26.2 Å². The molecule has 2 rings (SSSR count). The summed E-state index contributed by atoms with van der Waals surface area (Å²) in [6.07, 6.45) is -4.49. The van der Waals surface area contributed by atoms with Crippen LogP contribution < -0.4 is 5.32 Å². The maximum absolute atomic E-state index is 12.7. The van der Waals surface area contributed by atoms with Crippen LogP contribution in [0.25, 0.3) is 0 Å². The summed E-state index contributed by atoms with van der Waals surface area (Å²) in [5, 5.41) is 2.93. The number of hydrogen-bond donors (Lipinski definition) is 1. The Hall–Kier alpha value is -0.980. The van der Waals surface area contributed by atoms with Crippen molar-refractivity contribution in [1.82, 2.24) is 4.98 Å². The average Bonchev–Trinajstić information content (AvgIpc) is 2.32. The topological polar surface area (TPSA) is 24.9 Å². The van der Waals surface area contributed by atoms with E-state index in [-0.39, 0.29) is 11.0 Å². The fourth-order valence-electron chi connectivity index (χ4n) is 1.46. The minimum absolute atomic E-state index is 0.0206. The van der Waals surface area contributed by atoms with E-state index in [9.17, 15) is 13.2 Å². The van der Waals surface area contributed by atoms with Gasteiger partial charge in [-0.05, 0) is 46.3 Å². The Morgan fingerprint density at radius 2 is 1.80 bits per heavy atom. The van der Waals surface area contributed by atoms with E-state index in [0.717, 1.165) is 12.1 Å². The molecule has 0 aliphatic carbocycles. The molecular weight excluding hydrogens is 380 g/mol. The maximum Gasteiger partial charge on any atom is 0.416 e. The first-order valence-corrected chi connectivity index (χ1v) is 6.77. The van der Waals surface area contributed by atoms with E-state index in [1.807, 2.05) is 0 Å². The number of hydrogen-bond acceptors (Lipinski definition) is 2. The summed E-state index contributed by atoms with van der Waals surface area (Å²) in [4.78, 5) is 3.80. The Balaban J connectivity index is 2.39. The first-order valence-electron chi connectivity index (χ1n) is 5.22. The van der Waals surface area contributed by atoms with Gasteiger partial charge in [-0.3, -0.25) is 0 Å². The van der Waals surface area contributed by atoms with Gasteiger partial charge in [0, 0.05) is 9.50 Å². The molecule has 0 atom stereocenters. The van der Waals surface area contributed by atoms with Crippen molar-refractivity contribution in [2.75, 3.05) is 5.32 Å². The smallest absolute Gasteiger partial charge is 0.339 e. The molecule has 0 saturated heterocycles. The lowest BCUT2D eigenvalue weighted by molar-refractivity contribution is -0.137. The Morgan fingerprint density at radius 1 is 1.10 bits per heavy atom. The Labute approximate surface area is 131 Å². The highest BCUT2D eigenvalue weighted by atomic mass is 79.9. The zero-order valence-corrected chi connectivity index (χ0v) is 12.7. The number of nitrogens with zero attached hydrogens (tertiary/aromatic N) is 1. The molecule has 1 aromatic carbocycles. The fraction of sp³-hybridized carbons (Fsp3) is 0.0833. The van der Waals surface area contributed by atoms with Gasteiger partial charge >= 0.3 is 6.18 Å². The van der Waals surface area contributed by atoms with Gasteiger partial charge in [-0.15, -0.1) is 0 Å². The standard InChI is InChI=1S/C12H6BrCl2F3N2/c13-8-2-1-7(14)5-9(8)19-11-4-6(12(16,17)18)3-10(15)20-11/h1-5H,(H,19,20). The number of rotatable bonds is 2. The SMILES string of the molecule is FC(F)(F)c1cc(Cl)nc(Nc2cc(Cl)ccc2Br)c1. The minimum Gasteiger partial charge on any atom is -0.339 e. The molecule has 1 N–H and O–H groups in total. The summed E-state index contributed by atoms with van der Waals surface area (Å²) in [6, 6.07) is 6.50. The van der Waals surface area contributed by atoms with Crippen molar-refractivity contribution in [3.8, 4) is 0 Å². The molecule has 1 aromatic heterocycles. The molecule has 0 saturated carbocycles. The molecule has 2 aromatic rings. The molecule has 0 unspecified atom stereocenters. The van der Waals surface area contributed by atoms with E-state index < -0.39 is 11.7 Å². The molecule has 0 radical (unpaired) electrons. The van der Waals surface area contributed by atoms with Gasteiger partial charge in [0.1, 0.15) is 11.0 Å². The number of benzene rings is 1. The monoisotopic (exact) mass is 384 g/mol. The van der Waals surface area contributed by atoms with Gasteiger partial charge in [0.15, 0.2) is 0 Å². The van der Waals surface area contributed by atoms with Gasteiger partial charge in [0.05, 0.1) is 11.3 Å². The van der Waals surface area contributed by atoms with E-state index in [1.165, 1.54) is 0 Å². The van der Waals surface area contributed by atoms with Crippen molar-refractivity contribution in [1.29, 1.82) is 0 Å². The number of anilines is 2. The van der Waals surface area contributed by atoms with Crippen LogP contribution in [0, 0.1) is 0 Å². The van der Waals surface area contributed by atoms with Crippen molar-refractivity contribution in [3.05, 3.63) is 50.5 Å². The van der Waals surface area contributed by atoms with Crippen molar-refractivity contribution in [2.45, 2.75) is 6.18 Å². The van der Waals surface area contributed by atoms with Gasteiger partial charge < -0.3 is 5.32 Å². The highest BCUT2D eigenvalue weighted by Gasteiger charge is 2.31. The molecular formula is C12H6BrCl2F3N2. The first kappa shape index (κ1) is 15.4. The zero-order chi connectivity index (χ0) is 14.9. The number of alkyl halides is 3. The summed E-state index contributed by atoms with van der Waals surface area (Å²) in [6.45, 7) is 0. The maximum atomic E-state index is 12.7.